The average molecular weight is 464 g/mol. The number of benzene rings is 2. The molecule has 1 aliphatic rings. The van der Waals surface area contributed by atoms with E-state index in [1.165, 1.54) is 29.8 Å². The number of aromatic nitrogens is 2. The number of nitrogens with one attached hydrogen (secondary N) is 2. The van der Waals surface area contributed by atoms with Gasteiger partial charge in [-0.05, 0) is 78.4 Å². The third-order valence-electron chi connectivity index (χ3n) is 6.26. The van der Waals surface area contributed by atoms with E-state index in [-0.39, 0.29) is 11.9 Å². The van der Waals surface area contributed by atoms with Gasteiger partial charge < -0.3 is 15.0 Å². The highest BCUT2D eigenvalue weighted by Crippen LogP contribution is 2.37. The first-order valence-electron chi connectivity index (χ1n) is 11.2. The summed E-state index contributed by atoms with van der Waals surface area (Å²) in [7, 11) is 1.57. The van der Waals surface area contributed by atoms with Gasteiger partial charge in [-0.15, -0.1) is 0 Å². The summed E-state index contributed by atoms with van der Waals surface area (Å²) in [6, 6.07) is 12.2. The van der Waals surface area contributed by atoms with Crippen LogP contribution >= 0.6 is 0 Å². The highest BCUT2D eigenvalue weighted by molar-refractivity contribution is 5.96. The number of nitrogens with zero attached hydrogens (tertiary/aromatic N) is 1. The summed E-state index contributed by atoms with van der Waals surface area (Å²) in [5, 5.41) is 4.29. The molecule has 0 amide bonds. The first kappa shape index (κ1) is 22.2. The summed E-state index contributed by atoms with van der Waals surface area (Å²) < 4.78 is 46.2. The van der Waals surface area contributed by atoms with E-state index in [0.717, 1.165) is 47.6 Å². The standard InChI is InChI=1S/C27H24F3N3O/c1-34-26-7-4-18(28)13-23(26)22-8-9-31-27-24(22)14-25(33-27)17-2-5-21(6-3-17)32-15-16-10-19(29)12-20(30)11-16/h2,4,7-14,21,32H,3,5-6,15H2,1H3,(H,31,33). The smallest absolute Gasteiger partial charge is 0.138 e. The Labute approximate surface area is 195 Å². The molecule has 4 aromatic rings. The second-order valence-corrected chi connectivity index (χ2v) is 8.51. The van der Waals surface area contributed by atoms with Crippen molar-refractivity contribution in [2.24, 2.45) is 0 Å². The molecule has 0 fully saturated rings. The summed E-state index contributed by atoms with van der Waals surface area (Å²) in [6.45, 7) is 0.414. The second kappa shape index (κ2) is 9.35. The fourth-order valence-electron chi connectivity index (χ4n) is 4.56. The molecule has 1 unspecified atom stereocenters. The summed E-state index contributed by atoms with van der Waals surface area (Å²) >= 11 is 0. The molecule has 2 aromatic carbocycles. The molecule has 2 N–H and O–H groups in total. The topological polar surface area (TPSA) is 49.9 Å². The second-order valence-electron chi connectivity index (χ2n) is 8.51. The van der Waals surface area contributed by atoms with E-state index in [4.69, 9.17) is 4.74 Å². The molecule has 2 aromatic heterocycles. The van der Waals surface area contributed by atoms with Crippen LogP contribution in [0.15, 0.2) is 60.8 Å². The lowest BCUT2D eigenvalue weighted by atomic mass is 9.93. The number of allylic oxidation sites excluding steroid dienone is 1. The van der Waals surface area contributed by atoms with Crippen molar-refractivity contribution in [2.75, 3.05) is 7.11 Å². The molecule has 1 atom stereocenters. The van der Waals surface area contributed by atoms with Crippen LogP contribution in [0.4, 0.5) is 13.2 Å². The predicted molar refractivity (Wildman–Crippen MR) is 127 cm³/mol. The van der Waals surface area contributed by atoms with Crippen molar-refractivity contribution in [3.63, 3.8) is 0 Å². The number of rotatable bonds is 6. The number of methoxy groups -OCH3 is 1. The van der Waals surface area contributed by atoms with E-state index < -0.39 is 11.6 Å². The van der Waals surface area contributed by atoms with Crippen LogP contribution in [0, 0.1) is 17.5 Å². The lowest BCUT2D eigenvalue weighted by Crippen LogP contribution is -2.29. The van der Waals surface area contributed by atoms with E-state index in [9.17, 15) is 13.2 Å². The van der Waals surface area contributed by atoms with Gasteiger partial charge >= 0.3 is 0 Å². The van der Waals surface area contributed by atoms with E-state index >= 15 is 0 Å². The highest BCUT2D eigenvalue weighted by atomic mass is 19.1. The molecule has 0 saturated carbocycles. The molecule has 0 saturated heterocycles. The summed E-state index contributed by atoms with van der Waals surface area (Å²) in [6.07, 6.45) is 6.44. The molecule has 34 heavy (non-hydrogen) atoms. The molecule has 0 radical (unpaired) electrons. The van der Waals surface area contributed by atoms with Crippen LogP contribution in [-0.4, -0.2) is 23.1 Å². The Balaban J connectivity index is 1.35. The molecular weight excluding hydrogens is 439 g/mol. The predicted octanol–water partition coefficient (Wildman–Crippen LogP) is 6.38. The monoisotopic (exact) mass is 463 g/mol. The van der Waals surface area contributed by atoms with Crippen molar-refractivity contribution in [2.45, 2.75) is 31.8 Å². The molecule has 5 rings (SSSR count). The van der Waals surface area contributed by atoms with Crippen molar-refractivity contribution in [3.05, 3.63) is 89.5 Å². The molecule has 174 valence electrons. The van der Waals surface area contributed by atoms with Crippen LogP contribution in [0.2, 0.25) is 0 Å². The number of pyridine rings is 1. The Hall–Kier alpha value is -3.58. The largest absolute Gasteiger partial charge is 0.496 e. The fraction of sp³-hybridized carbons (Fsp3) is 0.222. The van der Waals surface area contributed by atoms with Gasteiger partial charge in [-0.25, -0.2) is 18.2 Å². The van der Waals surface area contributed by atoms with E-state index in [1.54, 1.807) is 19.4 Å². The molecule has 1 aliphatic carbocycles. The maximum atomic E-state index is 14.0. The minimum absolute atomic E-state index is 0.227. The van der Waals surface area contributed by atoms with Crippen molar-refractivity contribution in [3.8, 4) is 16.9 Å². The zero-order chi connectivity index (χ0) is 23.7. The Bertz CT molecular complexity index is 1360. The fourth-order valence-corrected chi connectivity index (χ4v) is 4.56. The summed E-state index contributed by atoms with van der Waals surface area (Å²) in [5.41, 5.74) is 5.02. The van der Waals surface area contributed by atoms with Crippen LogP contribution < -0.4 is 10.1 Å². The zero-order valence-electron chi connectivity index (χ0n) is 18.7. The van der Waals surface area contributed by atoms with E-state index in [0.29, 0.717) is 23.4 Å². The van der Waals surface area contributed by atoms with Crippen molar-refractivity contribution in [1.82, 2.24) is 15.3 Å². The lowest BCUT2D eigenvalue weighted by molar-refractivity contribution is 0.415. The van der Waals surface area contributed by atoms with Gasteiger partial charge in [0.2, 0.25) is 0 Å². The number of hydrogen-bond acceptors (Lipinski definition) is 3. The van der Waals surface area contributed by atoms with E-state index in [1.807, 2.05) is 6.07 Å². The molecule has 0 bridgehead atoms. The van der Waals surface area contributed by atoms with Gasteiger partial charge in [-0.2, -0.15) is 0 Å². The van der Waals surface area contributed by atoms with Gasteiger partial charge in [0, 0.05) is 41.5 Å². The molecular formula is C27H24F3N3O. The highest BCUT2D eigenvalue weighted by Gasteiger charge is 2.19. The van der Waals surface area contributed by atoms with Gasteiger partial charge in [0.1, 0.15) is 28.8 Å². The first-order chi connectivity index (χ1) is 16.5. The Kier molecular flexibility index (Phi) is 6.11. The summed E-state index contributed by atoms with van der Waals surface area (Å²) in [5.74, 6) is -0.859. The van der Waals surface area contributed by atoms with E-state index in [2.05, 4.69) is 27.4 Å². The third-order valence-corrected chi connectivity index (χ3v) is 6.26. The number of H-pyrrole nitrogens is 1. The van der Waals surface area contributed by atoms with Crippen molar-refractivity contribution >= 4 is 16.6 Å². The normalized spacial score (nSPS) is 16.0. The molecule has 7 heteroatoms. The van der Waals surface area contributed by atoms with Crippen LogP contribution in [0.5, 0.6) is 5.75 Å². The van der Waals surface area contributed by atoms with Gasteiger partial charge in [0.05, 0.1) is 7.11 Å². The maximum absolute atomic E-state index is 14.0. The molecule has 4 nitrogen and oxygen atoms in total. The number of hydrogen-bond donors (Lipinski definition) is 2. The average Bonchev–Trinajstić information content (AvgIpc) is 3.27. The molecule has 0 aliphatic heterocycles. The Morgan fingerprint density at radius 3 is 2.56 bits per heavy atom. The SMILES string of the molecule is COc1ccc(F)cc1-c1ccnc2[nH]c(C3=CCC(NCc4cc(F)cc(F)c4)CC3)cc12. The van der Waals surface area contributed by atoms with Crippen LogP contribution in [0.25, 0.3) is 27.7 Å². The lowest BCUT2D eigenvalue weighted by Gasteiger charge is -2.23. The minimum atomic E-state index is -0.565. The van der Waals surface area contributed by atoms with Crippen LogP contribution in [0.1, 0.15) is 30.5 Å². The maximum Gasteiger partial charge on any atom is 0.138 e. The third kappa shape index (κ3) is 4.56. The van der Waals surface area contributed by atoms with Gasteiger partial charge in [-0.3, -0.25) is 0 Å². The molecule has 0 spiro atoms. The van der Waals surface area contributed by atoms with Crippen LogP contribution in [0.3, 0.4) is 0 Å². The first-order valence-corrected chi connectivity index (χ1v) is 11.2. The van der Waals surface area contributed by atoms with Crippen molar-refractivity contribution in [1.29, 1.82) is 0 Å². The number of ether oxygens (including phenoxy) is 1. The number of fused-ring (bicyclic) bond motifs is 1. The van der Waals surface area contributed by atoms with Crippen molar-refractivity contribution < 1.29 is 17.9 Å². The molecule has 2 heterocycles. The number of halogens is 3. The van der Waals surface area contributed by atoms with Gasteiger partial charge in [0.25, 0.3) is 0 Å². The Morgan fingerprint density at radius 1 is 1.00 bits per heavy atom. The number of aromatic amines is 1. The van der Waals surface area contributed by atoms with Gasteiger partial charge in [-0.1, -0.05) is 6.08 Å². The van der Waals surface area contributed by atoms with Crippen LogP contribution in [-0.2, 0) is 6.54 Å². The zero-order valence-corrected chi connectivity index (χ0v) is 18.7. The van der Waals surface area contributed by atoms with Gasteiger partial charge in [0.15, 0.2) is 0 Å². The minimum Gasteiger partial charge on any atom is -0.496 e. The Morgan fingerprint density at radius 2 is 1.82 bits per heavy atom. The summed E-state index contributed by atoms with van der Waals surface area (Å²) in [4.78, 5) is 7.86. The quantitative estimate of drug-likeness (QED) is 0.349.